The lowest BCUT2D eigenvalue weighted by atomic mass is 9.98. The van der Waals surface area contributed by atoms with E-state index in [0.29, 0.717) is 19.8 Å². The molecule has 0 fully saturated rings. The highest BCUT2D eigenvalue weighted by Crippen LogP contribution is 2.38. The van der Waals surface area contributed by atoms with Crippen LogP contribution in [0.5, 0.6) is 0 Å². The molecule has 0 bridgehead atoms. The number of hydrogen-bond donors (Lipinski definition) is 1. The molecule has 1 aromatic carbocycles. The van der Waals surface area contributed by atoms with Crippen LogP contribution >= 0.6 is 34.5 Å². The van der Waals surface area contributed by atoms with E-state index < -0.39 is 17.7 Å². The Balaban J connectivity index is 2.61. The van der Waals surface area contributed by atoms with Gasteiger partial charge in [-0.2, -0.15) is 0 Å². The van der Waals surface area contributed by atoms with Crippen molar-refractivity contribution in [2.75, 3.05) is 7.05 Å². The molecule has 0 aliphatic rings. The number of hydrogen-bond acceptors (Lipinski definition) is 2. The Morgan fingerprint density at radius 1 is 1.26 bits per heavy atom. The van der Waals surface area contributed by atoms with Gasteiger partial charge in [0.15, 0.2) is 0 Å². The van der Waals surface area contributed by atoms with Gasteiger partial charge in [0, 0.05) is 11.1 Å². The Morgan fingerprint density at radius 2 is 1.95 bits per heavy atom. The van der Waals surface area contributed by atoms with Gasteiger partial charge < -0.3 is 5.32 Å². The van der Waals surface area contributed by atoms with Gasteiger partial charge in [0.25, 0.3) is 0 Å². The molecule has 1 atom stereocenters. The number of halogens is 4. The van der Waals surface area contributed by atoms with Gasteiger partial charge in [-0.05, 0) is 31.7 Å². The summed E-state index contributed by atoms with van der Waals surface area (Å²) in [6, 6.07) is 3.61. The first-order valence-electron chi connectivity index (χ1n) is 5.52. The molecule has 19 heavy (non-hydrogen) atoms. The van der Waals surface area contributed by atoms with Crippen LogP contribution in [0.1, 0.15) is 22.7 Å². The fourth-order valence-corrected chi connectivity index (χ4v) is 3.48. The summed E-state index contributed by atoms with van der Waals surface area (Å²) in [7, 11) is 1.62. The Kier molecular flexibility index (Phi) is 4.46. The SMILES string of the molecule is CNC(c1cc(Cl)sc1Cl)c1c(F)ccc(C)c1F. The quantitative estimate of drug-likeness (QED) is 0.843. The molecule has 1 N–H and O–H groups in total. The molecule has 0 spiro atoms. The first-order valence-corrected chi connectivity index (χ1v) is 7.09. The van der Waals surface area contributed by atoms with E-state index in [1.54, 1.807) is 20.0 Å². The Morgan fingerprint density at radius 3 is 2.47 bits per heavy atom. The highest BCUT2D eigenvalue weighted by molar-refractivity contribution is 7.20. The third-order valence-electron chi connectivity index (χ3n) is 2.89. The van der Waals surface area contributed by atoms with E-state index in [1.165, 1.54) is 23.5 Å². The van der Waals surface area contributed by atoms with Crippen molar-refractivity contribution >= 4 is 34.5 Å². The first kappa shape index (κ1) is 14.7. The zero-order valence-corrected chi connectivity index (χ0v) is 12.6. The minimum absolute atomic E-state index is 0.0427. The number of rotatable bonds is 3. The maximum atomic E-state index is 14.2. The van der Waals surface area contributed by atoms with Gasteiger partial charge in [-0.15, -0.1) is 11.3 Å². The van der Waals surface area contributed by atoms with E-state index in [9.17, 15) is 8.78 Å². The first-order chi connectivity index (χ1) is 8.95. The lowest BCUT2D eigenvalue weighted by Crippen LogP contribution is -2.20. The average molecular weight is 322 g/mol. The predicted molar refractivity (Wildman–Crippen MR) is 76.3 cm³/mol. The van der Waals surface area contributed by atoms with E-state index >= 15 is 0 Å². The minimum atomic E-state index is -0.670. The van der Waals surface area contributed by atoms with Crippen molar-refractivity contribution < 1.29 is 8.78 Å². The third kappa shape index (κ3) is 2.77. The van der Waals surface area contributed by atoms with E-state index in [2.05, 4.69) is 5.32 Å². The molecule has 1 unspecified atom stereocenters. The Bertz CT molecular complexity index is 613. The van der Waals surface area contributed by atoms with Crippen LogP contribution < -0.4 is 5.32 Å². The van der Waals surface area contributed by atoms with Crippen LogP contribution in [-0.4, -0.2) is 7.05 Å². The molecule has 6 heteroatoms. The largest absolute Gasteiger partial charge is 0.309 e. The van der Waals surface area contributed by atoms with Crippen LogP contribution in [0.4, 0.5) is 8.78 Å². The zero-order valence-electron chi connectivity index (χ0n) is 10.2. The highest BCUT2D eigenvalue weighted by atomic mass is 35.5. The van der Waals surface area contributed by atoms with Crippen LogP contribution in [0, 0.1) is 18.6 Å². The van der Waals surface area contributed by atoms with Crippen molar-refractivity contribution in [3.8, 4) is 0 Å². The maximum Gasteiger partial charge on any atom is 0.134 e. The van der Waals surface area contributed by atoms with Gasteiger partial charge in [-0.25, -0.2) is 8.78 Å². The van der Waals surface area contributed by atoms with Gasteiger partial charge in [0.1, 0.15) is 11.6 Å². The second kappa shape index (κ2) is 5.75. The summed E-state index contributed by atoms with van der Waals surface area (Å²) in [5.41, 5.74) is 0.913. The monoisotopic (exact) mass is 321 g/mol. The average Bonchev–Trinajstić information content (AvgIpc) is 2.69. The normalized spacial score (nSPS) is 12.7. The summed E-state index contributed by atoms with van der Waals surface area (Å²) in [5, 5.41) is 2.88. The van der Waals surface area contributed by atoms with Crippen molar-refractivity contribution in [2.45, 2.75) is 13.0 Å². The molecule has 0 radical (unpaired) electrons. The minimum Gasteiger partial charge on any atom is -0.309 e. The second-order valence-electron chi connectivity index (χ2n) is 4.09. The van der Waals surface area contributed by atoms with E-state index in [-0.39, 0.29) is 5.56 Å². The Labute approximate surface area is 124 Å². The summed E-state index contributed by atoms with van der Waals surface area (Å²) in [4.78, 5) is 0. The number of aryl methyl sites for hydroxylation is 1. The van der Waals surface area contributed by atoms with Crippen molar-refractivity contribution in [1.29, 1.82) is 0 Å². The molecule has 1 nitrogen and oxygen atoms in total. The molecule has 0 aliphatic carbocycles. The van der Waals surface area contributed by atoms with Crippen LogP contribution in [0.25, 0.3) is 0 Å². The number of benzene rings is 1. The van der Waals surface area contributed by atoms with Crippen molar-refractivity contribution in [2.24, 2.45) is 0 Å². The summed E-state index contributed by atoms with van der Waals surface area (Å²) in [5.74, 6) is -1.18. The van der Waals surface area contributed by atoms with Crippen molar-refractivity contribution in [3.05, 3.63) is 55.2 Å². The summed E-state index contributed by atoms with van der Waals surface area (Å²) in [6.45, 7) is 1.59. The van der Waals surface area contributed by atoms with Crippen LogP contribution in [0.15, 0.2) is 18.2 Å². The molecule has 102 valence electrons. The van der Waals surface area contributed by atoms with Gasteiger partial charge in [0.2, 0.25) is 0 Å². The summed E-state index contributed by atoms with van der Waals surface area (Å²) < 4.78 is 29.0. The fourth-order valence-electron chi connectivity index (χ4n) is 1.95. The van der Waals surface area contributed by atoms with E-state index in [4.69, 9.17) is 23.2 Å². The molecular formula is C13H11Cl2F2NS. The molecule has 2 aromatic rings. The second-order valence-corrected chi connectivity index (χ2v) is 6.38. The van der Waals surface area contributed by atoms with E-state index in [1.807, 2.05) is 0 Å². The molecule has 0 saturated heterocycles. The smallest absolute Gasteiger partial charge is 0.134 e. The predicted octanol–water partition coefficient (Wildman–Crippen LogP) is 4.95. The van der Waals surface area contributed by atoms with Gasteiger partial charge in [-0.3, -0.25) is 0 Å². The summed E-state index contributed by atoms with van der Waals surface area (Å²) >= 11 is 13.1. The van der Waals surface area contributed by atoms with E-state index in [0.717, 1.165) is 0 Å². The zero-order chi connectivity index (χ0) is 14.2. The highest BCUT2D eigenvalue weighted by Gasteiger charge is 2.25. The maximum absolute atomic E-state index is 14.2. The molecule has 2 rings (SSSR count). The van der Waals surface area contributed by atoms with Gasteiger partial charge >= 0.3 is 0 Å². The van der Waals surface area contributed by atoms with Crippen molar-refractivity contribution in [1.82, 2.24) is 5.32 Å². The third-order valence-corrected chi connectivity index (χ3v) is 4.41. The topological polar surface area (TPSA) is 12.0 Å². The van der Waals surface area contributed by atoms with Crippen LogP contribution in [-0.2, 0) is 0 Å². The molecule has 1 heterocycles. The molecule has 0 saturated carbocycles. The standard InChI is InChI=1S/C13H11Cl2F2NS/c1-6-3-4-8(16)10(11(6)17)12(18-2)7-5-9(14)19-13(7)15/h3-5,12,18H,1-2H3. The molecular weight excluding hydrogens is 311 g/mol. The summed E-state index contributed by atoms with van der Waals surface area (Å²) in [6.07, 6.45) is 0. The lowest BCUT2D eigenvalue weighted by molar-refractivity contribution is 0.518. The fraction of sp³-hybridized carbons (Fsp3) is 0.231. The molecule has 1 aromatic heterocycles. The van der Waals surface area contributed by atoms with Gasteiger partial charge in [-0.1, -0.05) is 29.3 Å². The van der Waals surface area contributed by atoms with Crippen LogP contribution in [0.3, 0.4) is 0 Å². The number of thiophene rings is 1. The lowest BCUT2D eigenvalue weighted by Gasteiger charge is -2.18. The van der Waals surface area contributed by atoms with Crippen molar-refractivity contribution in [3.63, 3.8) is 0 Å². The Hall–Kier alpha value is -0.680. The van der Waals surface area contributed by atoms with Gasteiger partial charge in [0.05, 0.1) is 14.7 Å². The van der Waals surface area contributed by atoms with Crippen LogP contribution in [0.2, 0.25) is 8.67 Å². The molecule has 0 amide bonds. The number of nitrogens with one attached hydrogen (secondary N) is 1. The molecule has 0 aliphatic heterocycles.